The van der Waals surface area contributed by atoms with Crippen molar-refractivity contribution < 1.29 is 17.9 Å². The molecule has 0 spiro atoms. The van der Waals surface area contributed by atoms with E-state index >= 15 is 0 Å². The second-order valence-electron chi connectivity index (χ2n) is 5.09. The van der Waals surface area contributed by atoms with Gasteiger partial charge in [-0.2, -0.15) is 0 Å². The van der Waals surface area contributed by atoms with E-state index in [1.54, 1.807) is 12.1 Å². The van der Waals surface area contributed by atoms with Crippen molar-refractivity contribution in [3.63, 3.8) is 0 Å². The minimum atomic E-state index is -3.69. The quantitative estimate of drug-likeness (QED) is 0.709. The minimum absolute atomic E-state index is 0.0535. The van der Waals surface area contributed by atoms with Gasteiger partial charge in [-0.05, 0) is 23.8 Å². The van der Waals surface area contributed by atoms with Gasteiger partial charge in [0.2, 0.25) is 10.0 Å². The minimum Gasteiger partial charge on any atom is -0.383 e. The number of amides is 1. The molecule has 2 rings (SSSR count). The molecule has 128 valence electrons. The van der Waals surface area contributed by atoms with E-state index in [1.807, 2.05) is 30.3 Å². The maximum Gasteiger partial charge on any atom is 0.251 e. The highest BCUT2D eigenvalue weighted by molar-refractivity contribution is 7.89. The van der Waals surface area contributed by atoms with Crippen LogP contribution in [-0.2, 0) is 21.3 Å². The van der Waals surface area contributed by atoms with E-state index in [0.717, 1.165) is 5.56 Å². The third-order valence-corrected chi connectivity index (χ3v) is 4.71. The number of carbonyl (C=O) groups is 1. The Morgan fingerprint density at radius 2 is 1.83 bits per heavy atom. The topological polar surface area (TPSA) is 84.5 Å². The van der Waals surface area contributed by atoms with Gasteiger partial charge in [0.25, 0.3) is 5.91 Å². The van der Waals surface area contributed by atoms with Crippen molar-refractivity contribution in [2.75, 3.05) is 20.3 Å². The Kier molecular flexibility index (Phi) is 6.48. The molecule has 2 N–H and O–H groups in total. The van der Waals surface area contributed by atoms with Gasteiger partial charge in [-0.1, -0.05) is 36.4 Å². The molecule has 2 aromatic carbocycles. The number of hydrogen-bond donors (Lipinski definition) is 2. The fourth-order valence-electron chi connectivity index (χ4n) is 2.03. The van der Waals surface area contributed by atoms with Crippen molar-refractivity contribution in [1.82, 2.24) is 10.0 Å². The van der Waals surface area contributed by atoms with E-state index in [4.69, 9.17) is 4.74 Å². The predicted octanol–water partition coefficient (Wildman–Crippen LogP) is 1.54. The van der Waals surface area contributed by atoms with Crippen LogP contribution in [0.25, 0.3) is 0 Å². The lowest BCUT2D eigenvalue weighted by molar-refractivity contribution is 0.0937. The van der Waals surface area contributed by atoms with Crippen LogP contribution in [0.5, 0.6) is 0 Å². The van der Waals surface area contributed by atoms with Crippen LogP contribution in [0, 0.1) is 0 Å². The standard InChI is InChI=1S/C17H20N2O4S/c1-23-11-10-18-17(20)15-8-5-9-16(12-15)24(21,22)19-13-14-6-3-2-4-7-14/h2-9,12,19H,10-11,13H2,1H3,(H,18,20). The average Bonchev–Trinajstić information content (AvgIpc) is 2.61. The van der Waals surface area contributed by atoms with Crippen molar-refractivity contribution in [3.05, 3.63) is 65.7 Å². The first-order chi connectivity index (χ1) is 11.5. The molecule has 0 atom stereocenters. The zero-order valence-electron chi connectivity index (χ0n) is 13.4. The first-order valence-electron chi connectivity index (χ1n) is 7.44. The number of benzene rings is 2. The van der Waals surface area contributed by atoms with Gasteiger partial charge < -0.3 is 10.1 Å². The molecular formula is C17H20N2O4S. The molecule has 0 bridgehead atoms. The Labute approximate surface area is 141 Å². The second-order valence-corrected chi connectivity index (χ2v) is 6.85. The molecule has 0 radical (unpaired) electrons. The Morgan fingerprint density at radius 3 is 2.54 bits per heavy atom. The molecule has 6 nitrogen and oxygen atoms in total. The molecule has 0 saturated heterocycles. The van der Waals surface area contributed by atoms with Gasteiger partial charge in [0.05, 0.1) is 11.5 Å². The zero-order chi connectivity index (χ0) is 17.4. The van der Waals surface area contributed by atoms with Crippen molar-refractivity contribution in [2.45, 2.75) is 11.4 Å². The van der Waals surface area contributed by atoms with Crippen LogP contribution in [0.2, 0.25) is 0 Å². The molecule has 0 saturated carbocycles. The molecule has 0 aromatic heterocycles. The summed E-state index contributed by atoms with van der Waals surface area (Å²) in [6.45, 7) is 0.939. The number of carbonyl (C=O) groups excluding carboxylic acids is 1. The Bertz CT molecular complexity index is 776. The molecule has 0 fully saturated rings. The molecule has 0 aliphatic rings. The number of rotatable bonds is 8. The lowest BCUT2D eigenvalue weighted by Crippen LogP contribution is -2.27. The van der Waals surface area contributed by atoms with Crippen molar-refractivity contribution >= 4 is 15.9 Å². The summed E-state index contributed by atoms with van der Waals surface area (Å²) in [5, 5.41) is 2.66. The van der Waals surface area contributed by atoms with Crippen molar-refractivity contribution in [2.24, 2.45) is 0 Å². The van der Waals surface area contributed by atoms with Gasteiger partial charge in [0.1, 0.15) is 0 Å². The highest BCUT2D eigenvalue weighted by Gasteiger charge is 2.16. The van der Waals surface area contributed by atoms with E-state index in [-0.39, 0.29) is 22.9 Å². The number of nitrogens with one attached hydrogen (secondary N) is 2. The van der Waals surface area contributed by atoms with Gasteiger partial charge in [-0.15, -0.1) is 0 Å². The van der Waals surface area contributed by atoms with Crippen LogP contribution >= 0.6 is 0 Å². The Hall–Kier alpha value is -2.22. The van der Waals surface area contributed by atoms with E-state index in [0.29, 0.717) is 13.2 Å². The van der Waals surface area contributed by atoms with Crippen LogP contribution in [0.15, 0.2) is 59.5 Å². The first kappa shape index (κ1) is 18.1. The number of ether oxygens (including phenoxy) is 1. The maximum absolute atomic E-state index is 12.4. The molecule has 2 aromatic rings. The monoisotopic (exact) mass is 348 g/mol. The summed E-state index contributed by atoms with van der Waals surface area (Å²) >= 11 is 0. The average molecular weight is 348 g/mol. The third kappa shape index (κ3) is 5.16. The normalized spacial score (nSPS) is 11.2. The predicted molar refractivity (Wildman–Crippen MR) is 91.1 cm³/mol. The summed E-state index contributed by atoms with van der Waals surface area (Å²) in [6.07, 6.45) is 0. The van der Waals surface area contributed by atoms with Gasteiger partial charge in [0.15, 0.2) is 0 Å². The zero-order valence-corrected chi connectivity index (χ0v) is 14.2. The molecular weight excluding hydrogens is 328 g/mol. The summed E-state index contributed by atoms with van der Waals surface area (Å²) in [4.78, 5) is 12.0. The number of methoxy groups -OCH3 is 1. The summed E-state index contributed by atoms with van der Waals surface area (Å²) in [6, 6.07) is 15.1. The Balaban J connectivity index is 2.07. The van der Waals surface area contributed by atoms with Crippen LogP contribution in [0.1, 0.15) is 15.9 Å². The van der Waals surface area contributed by atoms with Gasteiger partial charge in [-0.3, -0.25) is 4.79 Å². The molecule has 7 heteroatoms. The molecule has 0 aliphatic carbocycles. The smallest absolute Gasteiger partial charge is 0.251 e. The van der Waals surface area contributed by atoms with E-state index in [1.165, 1.54) is 19.2 Å². The second kappa shape index (κ2) is 8.58. The highest BCUT2D eigenvalue weighted by atomic mass is 32.2. The third-order valence-electron chi connectivity index (χ3n) is 3.31. The van der Waals surface area contributed by atoms with Gasteiger partial charge >= 0.3 is 0 Å². The van der Waals surface area contributed by atoms with Crippen molar-refractivity contribution in [3.8, 4) is 0 Å². The summed E-state index contributed by atoms with van der Waals surface area (Å²) in [5.74, 6) is -0.341. The highest BCUT2D eigenvalue weighted by Crippen LogP contribution is 2.12. The molecule has 0 aliphatic heterocycles. The van der Waals surface area contributed by atoms with Crippen LogP contribution in [0.3, 0.4) is 0 Å². The summed E-state index contributed by atoms with van der Waals surface area (Å²) in [7, 11) is -2.15. The van der Waals surface area contributed by atoms with Crippen LogP contribution < -0.4 is 10.0 Å². The maximum atomic E-state index is 12.4. The largest absolute Gasteiger partial charge is 0.383 e. The van der Waals surface area contributed by atoms with Gasteiger partial charge in [-0.25, -0.2) is 13.1 Å². The van der Waals surface area contributed by atoms with E-state index in [9.17, 15) is 13.2 Å². The fourth-order valence-corrected chi connectivity index (χ4v) is 3.09. The lowest BCUT2D eigenvalue weighted by Gasteiger charge is -2.09. The van der Waals surface area contributed by atoms with Crippen LogP contribution in [-0.4, -0.2) is 34.6 Å². The summed E-state index contributed by atoms with van der Waals surface area (Å²) in [5.41, 5.74) is 1.14. The van der Waals surface area contributed by atoms with Crippen LogP contribution in [0.4, 0.5) is 0 Å². The molecule has 0 heterocycles. The SMILES string of the molecule is COCCNC(=O)c1cccc(S(=O)(=O)NCc2ccccc2)c1. The molecule has 0 unspecified atom stereocenters. The van der Waals surface area contributed by atoms with E-state index < -0.39 is 10.0 Å². The first-order valence-corrected chi connectivity index (χ1v) is 8.92. The number of hydrogen-bond acceptors (Lipinski definition) is 4. The fraction of sp³-hybridized carbons (Fsp3) is 0.235. The summed E-state index contributed by atoms with van der Waals surface area (Å²) < 4.78 is 32.1. The molecule has 1 amide bonds. The Morgan fingerprint density at radius 1 is 1.08 bits per heavy atom. The van der Waals surface area contributed by atoms with Crippen molar-refractivity contribution in [1.29, 1.82) is 0 Å². The van der Waals surface area contributed by atoms with E-state index in [2.05, 4.69) is 10.0 Å². The number of sulfonamides is 1. The van der Waals surface area contributed by atoms with Gasteiger partial charge in [0, 0.05) is 25.8 Å². The molecule has 24 heavy (non-hydrogen) atoms. The lowest BCUT2D eigenvalue weighted by atomic mass is 10.2.